The summed E-state index contributed by atoms with van der Waals surface area (Å²) >= 11 is 9.74. The number of benzene rings is 1. The summed E-state index contributed by atoms with van der Waals surface area (Å²) in [6.45, 7) is 0. The number of nitrogens with one attached hydrogen (secondary N) is 1. The molecular weight excluding hydrogens is 426 g/mol. The fraction of sp³-hybridized carbons (Fsp3) is 0.125. The van der Waals surface area contributed by atoms with Gasteiger partial charge in [-0.05, 0) is 6.26 Å². The molecule has 1 N–H and O–H groups in total. The van der Waals surface area contributed by atoms with Crippen LogP contribution in [0, 0.1) is 0 Å². The Morgan fingerprint density at radius 3 is 2.74 bits per heavy atom. The fourth-order valence-electron chi connectivity index (χ4n) is 1.92. The summed E-state index contributed by atoms with van der Waals surface area (Å²) in [6, 6.07) is 9.02. The van der Waals surface area contributed by atoms with Gasteiger partial charge < -0.3 is 0 Å². The molecule has 0 aliphatic heterocycles. The second kappa shape index (κ2) is 9.27. The number of Topliss-reactive ketones (excluding diaryl/α,β-unsaturated/α-hetero) is 1. The van der Waals surface area contributed by atoms with Crippen molar-refractivity contribution < 1.29 is 9.59 Å². The highest BCUT2D eigenvalue weighted by Gasteiger charge is 2.17. The summed E-state index contributed by atoms with van der Waals surface area (Å²) in [5, 5.41) is 11.4. The molecule has 1 aromatic carbocycles. The number of halogens is 1. The molecule has 0 atom stereocenters. The van der Waals surface area contributed by atoms with Crippen LogP contribution in [0.2, 0.25) is 5.02 Å². The molecule has 0 saturated heterocycles. The van der Waals surface area contributed by atoms with Crippen molar-refractivity contribution in [2.45, 2.75) is 9.50 Å². The maximum Gasteiger partial charge on any atom is 0.277 e. The first kappa shape index (κ1) is 19.7. The van der Waals surface area contributed by atoms with E-state index in [-0.39, 0.29) is 22.3 Å². The zero-order valence-corrected chi connectivity index (χ0v) is 17.1. The Balaban J connectivity index is 1.61. The number of anilines is 1. The maximum absolute atomic E-state index is 12.3. The molecule has 138 valence electrons. The van der Waals surface area contributed by atoms with Gasteiger partial charge in [0.25, 0.3) is 5.91 Å². The van der Waals surface area contributed by atoms with Crippen molar-refractivity contribution in [1.29, 1.82) is 0 Å². The van der Waals surface area contributed by atoms with Crippen LogP contribution in [0.15, 0.2) is 46.0 Å². The molecule has 0 radical (unpaired) electrons. The lowest BCUT2D eigenvalue weighted by molar-refractivity contribution is 0.101. The number of nitrogens with zero attached hydrogens (tertiary/aromatic N) is 4. The number of aromatic nitrogens is 4. The first-order valence-corrected chi connectivity index (χ1v) is 10.9. The predicted molar refractivity (Wildman–Crippen MR) is 108 cm³/mol. The van der Waals surface area contributed by atoms with Crippen LogP contribution in [-0.2, 0) is 0 Å². The van der Waals surface area contributed by atoms with Crippen LogP contribution >= 0.6 is 46.5 Å². The average Bonchev–Trinajstić information content (AvgIpc) is 3.14. The van der Waals surface area contributed by atoms with E-state index >= 15 is 0 Å². The van der Waals surface area contributed by atoms with Gasteiger partial charge in [-0.2, -0.15) is 0 Å². The highest BCUT2D eigenvalue weighted by molar-refractivity contribution is 8.01. The largest absolute Gasteiger partial charge is 0.295 e. The van der Waals surface area contributed by atoms with E-state index < -0.39 is 5.91 Å². The number of carbonyl (C=O) groups excluding carboxylic acids is 2. The number of ketones is 1. The van der Waals surface area contributed by atoms with Crippen molar-refractivity contribution in [3.05, 3.63) is 52.8 Å². The molecule has 2 aromatic heterocycles. The Bertz CT molecular complexity index is 968. The quantitative estimate of drug-likeness (QED) is 0.257. The van der Waals surface area contributed by atoms with Crippen molar-refractivity contribution >= 4 is 63.3 Å². The third-order valence-corrected chi connectivity index (χ3v) is 5.98. The topological polar surface area (TPSA) is 97.7 Å². The lowest BCUT2D eigenvalue weighted by Crippen LogP contribution is -2.15. The first-order valence-electron chi connectivity index (χ1n) is 7.49. The molecule has 11 heteroatoms. The second-order valence-corrected chi connectivity index (χ2v) is 8.34. The maximum atomic E-state index is 12.3. The zero-order chi connectivity index (χ0) is 19.2. The van der Waals surface area contributed by atoms with Crippen LogP contribution in [0.25, 0.3) is 0 Å². The summed E-state index contributed by atoms with van der Waals surface area (Å²) in [7, 11) is 0. The van der Waals surface area contributed by atoms with Crippen LogP contribution in [0.3, 0.4) is 0 Å². The molecule has 3 rings (SSSR count). The number of carbonyl (C=O) groups is 2. The van der Waals surface area contributed by atoms with Gasteiger partial charge >= 0.3 is 0 Å². The Labute approximate surface area is 172 Å². The predicted octanol–water partition coefficient (Wildman–Crippen LogP) is 3.93. The summed E-state index contributed by atoms with van der Waals surface area (Å²) in [5.74, 6) is -0.258. The van der Waals surface area contributed by atoms with Crippen molar-refractivity contribution in [3.8, 4) is 0 Å². The van der Waals surface area contributed by atoms with E-state index in [1.165, 1.54) is 41.1 Å². The summed E-state index contributed by atoms with van der Waals surface area (Å²) in [6.07, 6.45) is 3.18. The lowest BCUT2D eigenvalue weighted by atomic mass is 10.2. The zero-order valence-electron chi connectivity index (χ0n) is 13.9. The summed E-state index contributed by atoms with van der Waals surface area (Å²) in [5.41, 5.74) is 0.714. The molecule has 0 fully saturated rings. The minimum absolute atomic E-state index is 0.00116. The van der Waals surface area contributed by atoms with Gasteiger partial charge in [-0.25, -0.2) is 9.97 Å². The average molecular weight is 438 g/mol. The minimum atomic E-state index is -0.495. The Hall–Kier alpha value is -2.01. The highest BCUT2D eigenvalue weighted by Crippen LogP contribution is 2.27. The van der Waals surface area contributed by atoms with Crippen LogP contribution in [0.1, 0.15) is 20.8 Å². The molecule has 0 unspecified atom stereocenters. The van der Waals surface area contributed by atoms with E-state index in [1.807, 2.05) is 18.2 Å². The molecule has 27 heavy (non-hydrogen) atoms. The minimum Gasteiger partial charge on any atom is -0.295 e. The molecule has 0 bridgehead atoms. The fourth-order valence-corrected chi connectivity index (χ4v) is 4.08. The van der Waals surface area contributed by atoms with E-state index in [4.69, 9.17) is 11.6 Å². The first-order chi connectivity index (χ1) is 13.1. The van der Waals surface area contributed by atoms with E-state index in [2.05, 4.69) is 25.5 Å². The molecule has 1 amide bonds. The lowest BCUT2D eigenvalue weighted by Gasteiger charge is -2.03. The van der Waals surface area contributed by atoms with Crippen LogP contribution in [0.5, 0.6) is 0 Å². The molecule has 0 saturated carbocycles. The van der Waals surface area contributed by atoms with E-state index in [0.29, 0.717) is 20.2 Å². The molecule has 7 nitrogen and oxygen atoms in total. The number of thioether (sulfide) groups is 2. The third-order valence-electron chi connectivity index (χ3n) is 3.17. The van der Waals surface area contributed by atoms with Gasteiger partial charge in [0.1, 0.15) is 0 Å². The van der Waals surface area contributed by atoms with Gasteiger partial charge in [0, 0.05) is 5.56 Å². The van der Waals surface area contributed by atoms with Gasteiger partial charge in [-0.15, -0.1) is 10.2 Å². The van der Waals surface area contributed by atoms with E-state index in [9.17, 15) is 9.59 Å². The smallest absolute Gasteiger partial charge is 0.277 e. The van der Waals surface area contributed by atoms with Crippen molar-refractivity contribution in [1.82, 2.24) is 20.2 Å². The van der Waals surface area contributed by atoms with Crippen LogP contribution in [-0.4, -0.2) is 43.9 Å². The number of hydrogen-bond donors (Lipinski definition) is 1. The van der Waals surface area contributed by atoms with Gasteiger partial charge in [0.2, 0.25) is 5.13 Å². The number of amides is 1. The highest BCUT2D eigenvalue weighted by atomic mass is 35.5. The van der Waals surface area contributed by atoms with Crippen molar-refractivity contribution in [2.75, 3.05) is 17.3 Å². The van der Waals surface area contributed by atoms with Gasteiger partial charge in [0.15, 0.2) is 21.0 Å². The van der Waals surface area contributed by atoms with Crippen LogP contribution < -0.4 is 5.32 Å². The van der Waals surface area contributed by atoms with Gasteiger partial charge in [0.05, 0.1) is 17.0 Å². The molecule has 0 aliphatic rings. The van der Waals surface area contributed by atoms with E-state index in [1.54, 1.807) is 18.4 Å². The SMILES string of the molecule is CSc1ncc(Cl)c(C(=O)Nc2nnc(SCC(=O)c3ccccc3)s2)n1. The standard InChI is InChI=1S/C16H12ClN5O2S3/c1-25-14-18-7-10(17)12(19-14)13(24)20-15-21-22-16(27-15)26-8-11(23)9-5-3-2-4-6-9/h2-7H,8H2,1H3,(H,20,21,24). The molecule has 0 aliphatic carbocycles. The summed E-state index contributed by atoms with van der Waals surface area (Å²) < 4.78 is 0.577. The molecule has 0 spiro atoms. The van der Waals surface area contributed by atoms with Gasteiger partial charge in [-0.1, -0.05) is 76.8 Å². The number of rotatable bonds is 7. The second-order valence-electron chi connectivity index (χ2n) is 4.96. The Kier molecular flexibility index (Phi) is 6.78. The van der Waals surface area contributed by atoms with Crippen LogP contribution in [0.4, 0.5) is 5.13 Å². The summed E-state index contributed by atoms with van der Waals surface area (Å²) in [4.78, 5) is 32.6. The monoisotopic (exact) mass is 437 g/mol. The normalized spacial score (nSPS) is 10.6. The van der Waals surface area contributed by atoms with E-state index in [0.717, 1.165) is 0 Å². The Morgan fingerprint density at radius 2 is 2.00 bits per heavy atom. The molecule has 2 heterocycles. The van der Waals surface area contributed by atoms with Crippen molar-refractivity contribution in [2.24, 2.45) is 0 Å². The Morgan fingerprint density at radius 1 is 1.22 bits per heavy atom. The number of hydrogen-bond acceptors (Lipinski definition) is 9. The van der Waals surface area contributed by atoms with Crippen molar-refractivity contribution in [3.63, 3.8) is 0 Å². The third kappa shape index (κ3) is 5.25. The molecule has 3 aromatic rings. The van der Waals surface area contributed by atoms with Gasteiger partial charge in [-0.3, -0.25) is 14.9 Å². The molecular formula is C16H12ClN5O2S3.